The first-order valence-electron chi connectivity index (χ1n) is 9.34. The molecule has 0 saturated heterocycles. The molecule has 30 heavy (non-hydrogen) atoms. The van der Waals surface area contributed by atoms with Crippen LogP contribution in [0.5, 0.6) is 11.5 Å². The van der Waals surface area contributed by atoms with Gasteiger partial charge in [0.2, 0.25) is 0 Å². The fourth-order valence-corrected chi connectivity index (χ4v) is 2.63. The SMILES string of the molecule is COc1ccc(/C=C/C(=O)NNC(=O)c2ccccc2OCc2ccccc2)cc1. The van der Waals surface area contributed by atoms with Crippen molar-refractivity contribution < 1.29 is 19.1 Å². The van der Waals surface area contributed by atoms with Crippen LogP contribution in [0.15, 0.2) is 84.9 Å². The van der Waals surface area contributed by atoms with Gasteiger partial charge in [-0.1, -0.05) is 54.6 Å². The largest absolute Gasteiger partial charge is 0.497 e. The third-order valence-corrected chi connectivity index (χ3v) is 4.21. The Bertz CT molecular complexity index is 1010. The summed E-state index contributed by atoms with van der Waals surface area (Å²) in [6, 6.07) is 23.8. The van der Waals surface area contributed by atoms with Crippen molar-refractivity contribution >= 4 is 17.9 Å². The molecule has 0 aromatic heterocycles. The van der Waals surface area contributed by atoms with Gasteiger partial charge in [0, 0.05) is 6.08 Å². The molecule has 6 heteroatoms. The van der Waals surface area contributed by atoms with E-state index in [-0.39, 0.29) is 0 Å². The fourth-order valence-electron chi connectivity index (χ4n) is 2.63. The van der Waals surface area contributed by atoms with E-state index in [1.165, 1.54) is 6.08 Å². The van der Waals surface area contributed by atoms with E-state index in [9.17, 15) is 9.59 Å². The van der Waals surface area contributed by atoms with Gasteiger partial charge in [0.15, 0.2) is 0 Å². The molecular weight excluding hydrogens is 380 g/mol. The van der Waals surface area contributed by atoms with Crippen molar-refractivity contribution in [3.05, 3.63) is 102 Å². The molecule has 0 radical (unpaired) electrons. The highest BCUT2D eigenvalue weighted by Crippen LogP contribution is 2.19. The molecule has 3 aromatic rings. The Morgan fingerprint density at radius 2 is 1.57 bits per heavy atom. The van der Waals surface area contributed by atoms with E-state index in [4.69, 9.17) is 9.47 Å². The van der Waals surface area contributed by atoms with Gasteiger partial charge in [-0.25, -0.2) is 0 Å². The Balaban J connectivity index is 1.55. The highest BCUT2D eigenvalue weighted by atomic mass is 16.5. The lowest BCUT2D eigenvalue weighted by Crippen LogP contribution is -2.40. The maximum absolute atomic E-state index is 12.5. The number of ether oxygens (including phenoxy) is 2. The maximum atomic E-state index is 12.5. The van der Waals surface area contributed by atoms with E-state index in [1.54, 1.807) is 49.6 Å². The zero-order valence-corrected chi connectivity index (χ0v) is 16.5. The number of para-hydroxylation sites is 1. The Hall–Kier alpha value is -4.06. The van der Waals surface area contributed by atoms with Gasteiger partial charge in [0.05, 0.1) is 12.7 Å². The Kier molecular flexibility index (Phi) is 7.22. The van der Waals surface area contributed by atoms with Crippen LogP contribution in [0.2, 0.25) is 0 Å². The lowest BCUT2D eigenvalue weighted by Gasteiger charge is -2.12. The van der Waals surface area contributed by atoms with Crippen molar-refractivity contribution in [2.75, 3.05) is 7.11 Å². The van der Waals surface area contributed by atoms with Gasteiger partial charge in [-0.3, -0.25) is 20.4 Å². The second kappa shape index (κ2) is 10.5. The molecule has 0 fully saturated rings. The molecule has 0 aliphatic heterocycles. The lowest BCUT2D eigenvalue weighted by molar-refractivity contribution is -0.117. The van der Waals surface area contributed by atoms with Crippen LogP contribution in [-0.2, 0) is 11.4 Å². The summed E-state index contributed by atoms with van der Waals surface area (Å²) in [4.78, 5) is 24.5. The fraction of sp³-hybridized carbons (Fsp3) is 0.0833. The number of carbonyl (C=O) groups is 2. The number of rotatable bonds is 7. The molecule has 2 N–H and O–H groups in total. The Morgan fingerprint density at radius 3 is 2.30 bits per heavy atom. The molecule has 0 atom stereocenters. The summed E-state index contributed by atoms with van der Waals surface area (Å²) in [5.74, 6) is 0.241. The van der Waals surface area contributed by atoms with E-state index in [2.05, 4.69) is 10.9 Å². The van der Waals surface area contributed by atoms with Crippen LogP contribution in [0.3, 0.4) is 0 Å². The van der Waals surface area contributed by atoms with Crippen molar-refractivity contribution in [1.29, 1.82) is 0 Å². The molecule has 0 saturated carbocycles. The molecular formula is C24H22N2O4. The minimum atomic E-state index is -0.468. The Labute approximate surface area is 175 Å². The second-order valence-electron chi connectivity index (χ2n) is 6.32. The predicted octanol–water partition coefficient (Wildman–Crippen LogP) is 3.75. The standard InChI is InChI=1S/C24H22N2O4/c1-29-20-14-11-18(12-15-20)13-16-23(27)25-26-24(28)21-9-5-6-10-22(21)30-17-19-7-3-2-4-8-19/h2-16H,17H2,1H3,(H,25,27)(H,26,28)/b16-13+. The summed E-state index contributed by atoms with van der Waals surface area (Å²) in [5.41, 5.74) is 6.92. The van der Waals surface area contributed by atoms with Crippen molar-refractivity contribution in [1.82, 2.24) is 10.9 Å². The first-order chi connectivity index (χ1) is 14.7. The first kappa shape index (κ1) is 20.7. The van der Waals surface area contributed by atoms with E-state index < -0.39 is 11.8 Å². The smallest absolute Gasteiger partial charge is 0.273 e. The van der Waals surface area contributed by atoms with Crippen LogP contribution in [-0.4, -0.2) is 18.9 Å². The summed E-state index contributed by atoms with van der Waals surface area (Å²) >= 11 is 0. The average Bonchev–Trinajstić information content (AvgIpc) is 2.81. The molecule has 0 bridgehead atoms. The summed E-state index contributed by atoms with van der Waals surface area (Å²) in [5, 5.41) is 0. The molecule has 0 heterocycles. The van der Waals surface area contributed by atoms with Crippen molar-refractivity contribution in [3.63, 3.8) is 0 Å². The third-order valence-electron chi connectivity index (χ3n) is 4.21. The maximum Gasteiger partial charge on any atom is 0.273 e. The molecule has 0 spiro atoms. The zero-order valence-electron chi connectivity index (χ0n) is 16.5. The van der Waals surface area contributed by atoms with Crippen molar-refractivity contribution in [3.8, 4) is 11.5 Å². The van der Waals surface area contributed by atoms with Gasteiger partial charge in [-0.05, 0) is 41.5 Å². The molecule has 0 aliphatic carbocycles. The molecule has 152 valence electrons. The number of carbonyl (C=O) groups excluding carboxylic acids is 2. The van der Waals surface area contributed by atoms with E-state index in [0.29, 0.717) is 17.9 Å². The molecule has 0 unspecified atom stereocenters. The van der Waals surface area contributed by atoms with Crippen LogP contribution in [0, 0.1) is 0 Å². The first-order valence-corrected chi connectivity index (χ1v) is 9.34. The quantitative estimate of drug-likeness (QED) is 0.466. The number of nitrogens with one attached hydrogen (secondary N) is 2. The molecule has 6 nitrogen and oxygen atoms in total. The zero-order chi connectivity index (χ0) is 21.2. The third kappa shape index (κ3) is 5.97. The molecule has 0 aliphatic rings. The monoisotopic (exact) mass is 402 g/mol. The minimum absolute atomic E-state index is 0.327. The van der Waals surface area contributed by atoms with Gasteiger partial charge < -0.3 is 9.47 Å². The van der Waals surface area contributed by atoms with Crippen LogP contribution in [0.25, 0.3) is 6.08 Å². The van der Waals surface area contributed by atoms with Gasteiger partial charge in [-0.15, -0.1) is 0 Å². The normalized spacial score (nSPS) is 10.4. The number of hydrazine groups is 1. The van der Waals surface area contributed by atoms with E-state index in [1.807, 2.05) is 42.5 Å². The summed E-state index contributed by atoms with van der Waals surface area (Å²) in [7, 11) is 1.59. The summed E-state index contributed by atoms with van der Waals surface area (Å²) in [6.07, 6.45) is 2.97. The van der Waals surface area contributed by atoms with Crippen LogP contribution >= 0.6 is 0 Å². The van der Waals surface area contributed by atoms with E-state index in [0.717, 1.165) is 16.9 Å². The van der Waals surface area contributed by atoms with Crippen LogP contribution in [0.4, 0.5) is 0 Å². The highest BCUT2D eigenvalue weighted by Gasteiger charge is 2.12. The minimum Gasteiger partial charge on any atom is -0.497 e. The predicted molar refractivity (Wildman–Crippen MR) is 115 cm³/mol. The molecule has 3 aromatic carbocycles. The average molecular weight is 402 g/mol. The number of methoxy groups -OCH3 is 1. The molecule has 3 rings (SSSR count). The summed E-state index contributed by atoms with van der Waals surface area (Å²) in [6.45, 7) is 0.335. The Morgan fingerprint density at radius 1 is 0.867 bits per heavy atom. The van der Waals surface area contributed by atoms with Crippen molar-refractivity contribution in [2.45, 2.75) is 6.61 Å². The number of benzene rings is 3. The van der Waals surface area contributed by atoms with Crippen LogP contribution < -0.4 is 20.3 Å². The second-order valence-corrected chi connectivity index (χ2v) is 6.32. The van der Waals surface area contributed by atoms with Crippen molar-refractivity contribution in [2.24, 2.45) is 0 Å². The molecule has 2 amide bonds. The number of hydrogen-bond donors (Lipinski definition) is 2. The van der Waals surface area contributed by atoms with Gasteiger partial charge in [-0.2, -0.15) is 0 Å². The number of hydrogen-bond acceptors (Lipinski definition) is 4. The van der Waals surface area contributed by atoms with Gasteiger partial charge >= 0.3 is 0 Å². The lowest BCUT2D eigenvalue weighted by atomic mass is 10.2. The van der Waals surface area contributed by atoms with Crippen LogP contribution in [0.1, 0.15) is 21.5 Å². The topological polar surface area (TPSA) is 76.7 Å². The number of amides is 2. The highest BCUT2D eigenvalue weighted by molar-refractivity contribution is 5.99. The van der Waals surface area contributed by atoms with E-state index >= 15 is 0 Å². The summed E-state index contributed by atoms with van der Waals surface area (Å²) < 4.78 is 10.9. The van der Waals surface area contributed by atoms with Gasteiger partial charge in [0.1, 0.15) is 18.1 Å². The van der Waals surface area contributed by atoms with Gasteiger partial charge in [0.25, 0.3) is 11.8 Å².